The predicted molar refractivity (Wildman–Crippen MR) is 308 cm³/mol. The Kier molecular flexibility index (Phi) is 26.4. The van der Waals surface area contributed by atoms with Gasteiger partial charge in [-0.15, -0.1) is 35.6 Å². The van der Waals surface area contributed by atoms with E-state index in [-0.39, 0.29) is 59.2 Å². The zero-order chi connectivity index (χ0) is 58.4. The van der Waals surface area contributed by atoms with Crippen LogP contribution >= 0.6 is 47.2 Å². The third kappa shape index (κ3) is 18.7. The summed E-state index contributed by atoms with van der Waals surface area (Å²) in [4.78, 5) is 56.8. The Morgan fingerprint density at radius 3 is 1.96 bits per heavy atom. The molecule has 3 amide bonds. The van der Waals surface area contributed by atoms with Crippen LogP contribution in [0.5, 0.6) is 28.7 Å². The average Bonchev–Trinajstić information content (AvgIpc) is 4.32. The van der Waals surface area contributed by atoms with Crippen molar-refractivity contribution in [3.05, 3.63) is 94.0 Å². The summed E-state index contributed by atoms with van der Waals surface area (Å²) in [5.74, 6) is 0.0574. The number of aliphatic hydroxyl groups is 1. The number of phenolic OH excluding ortho intramolecular Hbond substituents is 4. The molecule has 79 heavy (non-hydrogen) atoms. The first-order chi connectivity index (χ1) is 36.6. The van der Waals surface area contributed by atoms with E-state index >= 15 is 0 Å². The third-order valence-electron chi connectivity index (χ3n) is 14.7. The predicted octanol–water partition coefficient (Wildman–Crippen LogP) is 8.92. The van der Waals surface area contributed by atoms with Gasteiger partial charge in [-0.05, 0) is 112 Å². The number of phenols is 4. The van der Waals surface area contributed by atoms with E-state index in [0.717, 1.165) is 48.2 Å². The van der Waals surface area contributed by atoms with E-state index in [1.807, 2.05) is 32.2 Å². The minimum absolute atomic E-state index is 0. The summed E-state index contributed by atoms with van der Waals surface area (Å²) >= 11 is 17.6. The number of halogens is 4. The van der Waals surface area contributed by atoms with Crippen molar-refractivity contribution in [2.75, 3.05) is 65.1 Å². The molecule has 0 aromatic heterocycles. The van der Waals surface area contributed by atoms with Crippen LogP contribution < -0.4 is 15.0 Å². The van der Waals surface area contributed by atoms with Crippen LogP contribution in [0.1, 0.15) is 78.0 Å². The van der Waals surface area contributed by atoms with Crippen molar-refractivity contribution in [2.45, 2.75) is 122 Å². The van der Waals surface area contributed by atoms with Crippen molar-refractivity contribution in [1.29, 1.82) is 0 Å². The number of anilines is 1. The van der Waals surface area contributed by atoms with Crippen molar-refractivity contribution >= 4 is 76.8 Å². The Bertz CT molecular complexity index is 2550. The van der Waals surface area contributed by atoms with Gasteiger partial charge in [-0.1, -0.05) is 68.3 Å². The maximum absolute atomic E-state index is 14.0. The van der Waals surface area contributed by atoms with Crippen LogP contribution in [-0.2, 0) is 52.6 Å². The molecule has 3 aromatic rings. The van der Waals surface area contributed by atoms with Crippen molar-refractivity contribution in [1.82, 2.24) is 15.1 Å². The number of nitrogens with zero attached hydrogens (tertiary/aromatic N) is 3. The summed E-state index contributed by atoms with van der Waals surface area (Å²) in [7, 11) is 7.97. The second-order valence-corrected chi connectivity index (χ2v) is 21.9. The van der Waals surface area contributed by atoms with Gasteiger partial charge in [0.1, 0.15) is 40.7 Å². The normalized spacial score (nSPS) is 25.1. The number of fused-ring (bicyclic) bond motifs is 5. The maximum atomic E-state index is 14.0. The lowest BCUT2D eigenvalue weighted by molar-refractivity contribution is -0.161. The van der Waals surface area contributed by atoms with Gasteiger partial charge in [0.05, 0.1) is 25.3 Å². The van der Waals surface area contributed by atoms with Gasteiger partial charge in [-0.3, -0.25) is 14.9 Å². The summed E-state index contributed by atoms with van der Waals surface area (Å²) in [6.07, 6.45) is 2.60. The molecule has 0 aliphatic carbocycles. The lowest BCUT2D eigenvalue weighted by Crippen LogP contribution is -2.63. The molecule has 18 nitrogen and oxygen atoms in total. The van der Waals surface area contributed by atoms with Gasteiger partial charge in [0.2, 0.25) is 11.8 Å². The first-order valence-corrected chi connectivity index (χ1v) is 27.2. The summed E-state index contributed by atoms with van der Waals surface area (Å²) in [6, 6.07) is 12.4. The number of hydrogen-bond donors (Lipinski definition) is 6. The topological polar surface area (TPSA) is 241 Å². The number of likely N-dealkylation sites (N-methyl/N-ethyl adjacent to an activating group) is 1. The second-order valence-electron chi connectivity index (χ2n) is 20.7. The number of alkyl carbamates (subject to hydrolysis) is 1. The van der Waals surface area contributed by atoms with Crippen molar-refractivity contribution in [3.63, 3.8) is 0 Å². The first kappa shape index (κ1) is 68.1. The fraction of sp³-hybridized carbons (Fsp3) is 0.544. The summed E-state index contributed by atoms with van der Waals surface area (Å²) in [5.41, 5.74) is 1.08. The number of alkyl halides is 2. The zero-order valence-electron chi connectivity index (χ0n) is 47.1. The fourth-order valence-electron chi connectivity index (χ4n) is 9.21. The molecular formula is C57H80Cl4N4O14. The van der Waals surface area contributed by atoms with E-state index < -0.39 is 65.7 Å². The highest BCUT2D eigenvalue weighted by atomic mass is 35.5. The molecule has 6 rings (SSSR count). The van der Waals surface area contributed by atoms with Gasteiger partial charge < -0.3 is 63.9 Å². The molecule has 0 spiro atoms. The lowest BCUT2D eigenvalue weighted by Gasteiger charge is -2.42. The smallest absolute Gasteiger partial charge is 0.409 e. The number of aromatic hydroxyl groups is 4. The highest BCUT2D eigenvalue weighted by Crippen LogP contribution is 2.49. The maximum Gasteiger partial charge on any atom is 0.409 e. The van der Waals surface area contributed by atoms with Crippen LogP contribution in [0.4, 0.5) is 10.5 Å². The van der Waals surface area contributed by atoms with E-state index in [9.17, 15) is 44.7 Å². The van der Waals surface area contributed by atoms with E-state index in [4.69, 9.17) is 58.5 Å². The number of rotatable bonds is 14. The Morgan fingerprint density at radius 1 is 0.911 bits per heavy atom. The molecule has 4 bridgehead atoms. The Hall–Kier alpha value is -5.18. The summed E-state index contributed by atoms with van der Waals surface area (Å²) in [5, 5.41) is 52.1. The minimum Gasteiger partial charge on any atom is -0.504 e. The largest absolute Gasteiger partial charge is 0.504 e. The molecule has 3 aliphatic heterocycles. The van der Waals surface area contributed by atoms with Crippen LogP contribution in [0.25, 0.3) is 0 Å². The average molecular weight is 1190 g/mol. The molecule has 2 fully saturated rings. The molecule has 10 atom stereocenters. The quantitative estimate of drug-likeness (QED) is 0.0382. The third-order valence-corrected chi connectivity index (χ3v) is 15.4. The molecule has 3 aliphatic rings. The standard InChI is InChI=1S/C34H46ClN3O10.C18H22O4.C5H11Cl2N.ClH/c1-18-11-10-12-26(45-9)34(43)17-25(46-32(42)36-34)19(2)30-33(5,48-30)27(47-31(41)20(3)37(6)21(4)39)16-28(40)38(7)23-14-22(13-18)15-24(44-8)29(23)35;1-11(7-13-3-5-15(19)17(21)9-13)12(2)8-14-4-6-16(20)18(22)10-14;1-8(4-2-6)5-3-7;/h10-12,14-15,19-20,25-27,30,43H,13,16-17H2,1-9H3,(H,36,42);3-6,9-12,19-22H,7-8H2,1-2H3;2-5H2,1H3;1H/b12-10-,18-11-;;;/t19-,20+,25+,26-,27+,30+,33+,34+;11-,12+;;/m1.../s1. The highest BCUT2D eigenvalue weighted by molar-refractivity contribution is 6.35. The Balaban J connectivity index is 0.000000435. The Labute approximate surface area is 485 Å². The van der Waals surface area contributed by atoms with E-state index in [1.165, 1.54) is 57.0 Å². The van der Waals surface area contributed by atoms with Crippen molar-refractivity contribution < 1.29 is 68.4 Å². The molecule has 0 unspecified atom stereocenters. The van der Waals surface area contributed by atoms with E-state index in [0.29, 0.717) is 41.5 Å². The summed E-state index contributed by atoms with van der Waals surface area (Å²) in [6.45, 7) is 14.4. The minimum atomic E-state index is -1.81. The van der Waals surface area contributed by atoms with Gasteiger partial charge in [0.25, 0.3) is 0 Å². The van der Waals surface area contributed by atoms with Gasteiger partial charge in [0.15, 0.2) is 28.7 Å². The molecule has 0 radical (unpaired) electrons. The summed E-state index contributed by atoms with van der Waals surface area (Å²) < 4.78 is 28.9. The van der Waals surface area contributed by atoms with Crippen molar-refractivity contribution in [3.8, 4) is 28.7 Å². The molecule has 440 valence electrons. The number of amides is 3. The molecule has 0 saturated carbocycles. The molecule has 3 aromatic carbocycles. The number of nitrogens with one attached hydrogen (secondary N) is 1. The number of methoxy groups -OCH3 is 2. The van der Waals surface area contributed by atoms with Crippen LogP contribution in [0.2, 0.25) is 5.02 Å². The fourth-order valence-corrected chi connectivity index (χ4v) is 10.1. The molecule has 2 saturated heterocycles. The highest BCUT2D eigenvalue weighted by Gasteiger charge is 2.64. The monoisotopic (exact) mass is 1180 g/mol. The van der Waals surface area contributed by atoms with E-state index in [1.54, 1.807) is 57.3 Å². The molecule has 3 heterocycles. The van der Waals surface area contributed by atoms with Crippen LogP contribution in [-0.4, -0.2) is 161 Å². The SMILES string of the molecule is CN(CCCl)CCCl.COc1cc2cc(c1Cl)N(C)C(=O)C[C@H](OC(=O)[C@H](C)N(C)C(C)=O)[C@]1(C)O[C@H]1[C@H](C)[C@@H]1C[C@@](O)(NC(=O)O1)[C@H](OC)/C=C\C=C(\C)C2.C[C@H](Cc1ccc(O)c(O)c1)[C@@H](C)Cc1ccc(O)c(O)c1.Cl. The zero-order valence-corrected chi connectivity index (χ0v) is 50.2. The molecule has 6 N–H and O–H groups in total. The molecular weight excluding hydrogens is 1110 g/mol. The first-order valence-electron chi connectivity index (χ1n) is 25.8. The van der Waals surface area contributed by atoms with Crippen LogP contribution in [0.15, 0.2) is 72.3 Å². The number of benzene rings is 3. The number of carbonyl (C=O) groups is 4. The van der Waals surface area contributed by atoms with Crippen LogP contribution in [0.3, 0.4) is 0 Å². The number of epoxide rings is 1. The van der Waals surface area contributed by atoms with Gasteiger partial charge in [0, 0.05) is 65.3 Å². The molecule has 22 heteroatoms. The number of hydrogen-bond acceptors (Lipinski definition) is 15. The lowest BCUT2D eigenvalue weighted by atomic mass is 9.83. The van der Waals surface area contributed by atoms with Crippen molar-refractivity contribution in [2.24, 2.45) is 17.8 Å². The number of esters is 1. The Morgan fingerprint density at radius 2 is 1.47 bits per heavy atom. The van der Waals surface area contributed by atoms with Gasteiger partial charge in [-0.25, -0.2) is 9.59 Å². The second kappa shape index (κ2) is 30.6. The van der Waals surface area contributed by atoms with E-state index in [2.05, 4.69) is 24.1 Å². The number of carbonyl (C=O) groups excluding carboxylic acids is 4. The number of ether oxygens (including phenoxy) is 5. The van der Waals surface area contributed by atoms with Gasteiger partial charge in [-0.2, -0.15) is 0 Å². The number of allylic oxidation sites excluding steroid dienone is 3. The van der Waals surface area contributed by atoms with Crippen LogP contribution in [0, 0.1) is 17.8 Å². The van der Waals surface area contributed by atoms with Gasteiger partial charge >= 0.3 is 12.1 Å².